The number of hydrogen-bond acceptors (Lipinski definition) is 5. The molecule has 162 valence electrons. The summed E-state index contributed by atoms with van der Waals surface area (Å²) in [6.45, 7) is 6.16. The monoisotopic (exact) mass is 431 g/mol. The Morgan fingerprint density at radius 1 is 1.37 bits per heavy atom. The van der Waals surface area contributed by atoms with Crippen LogP contribution in [0.5, 0.6) is 5.88 Å². The van der Waals surface area contributed by atoms with E-state index in [1.165, 1.54) is 41.4 Å². The second-order valence-electron chi connectivity index (χ2n) is 8.54. The van der Waals surface area contributed by atoms with Gasteiger partial charge in [-0.15, -0.1) is 11.3 Å². The van der Waals surface area contributed by atoms with E-state index >= 15 is 0 Å². The molecular formula is C21H29N5O3S. The van der Waals surface area contributed by atoms with Crippen molar-refractivity contribution in [1.82, 2.24) is 24.6 Å². The lowest BCUT2D eigenvalue weighted by Crippen LogP contribution is -2.42. The van der Waals surface area contributed by atoms with Gasteiger partial charge in [0.25, 0.3) is 5.91 Å². The molecule has 0 saturated heterocycles. The minimum atomic E-state index is -0.391. The van der Waals surface area contributed by atoms with E-state index in [-0.39, 0.29) is 30.3 Å². The number of carbonyl (C=O) groups is 1. The van der Waals surface area contributed by atoms with Gasteiger partial charge in [0.05, 0.1) is 29.4 Å². The van der Waals surface area contributed by atoms with Crippen LogP contribution in [0, 0.1) is 12.8 Å². The molecule has 8 nitrogen and oxygen atoms in total. The second kappa shape index (κ2) is 8.29. The number of imidazole rings is 1. The number of fused-ring (bicyclic) bond motifs is 1. The van der Waals surface area contributed by atoms with Gasteiger partial charge in [0.15, 0.2) is 0 Å². The summed E-state index contributed by atoms with van der Waals surface area (Å²) < 4.78 is 3.36. The van der Waals surface area contributed by atoms with Crippen molar-refractivity contribution < 1.29 is 9.90 Å². The Kier molecular flexibility index (Phi) is 5.73. The molecule has 30 heavy (non-hydrogen) atoms. The Bertz CT molecular complexity index is 1100. The van der Waals surface area contributed by atoms with Gasteiger partial charge >= 0.3 is 5.69 Å². The van der Waals surface area contributed by atoms with Crippen molar-refractivity contribution in [3.8, 4) is 5.88 Å². The summed E-state index contributed by atoms with van der Waals surface area (Å²) in [6.07, 6.45) is 7.28. The van der Waals surface area contributed by atoms with Crippen LogP contribution in [0.1, 0.15) is 67.4 Å². The van der Waals surface area contributed by atoms with Crippen molar-refractivity contribution >= 4 is 27.5 Å². The van der Waals surface area contributed by atoms with Crippen LogP contribution in [0.15, 0.2) is 17.1 Å². The summed E-state index contributed by atoms with van der Waals surface area (Å²) in [5.41, 5.74) is 0.563. The molecule has 1 amide bonds. The molecular weight excluding hydrogens is 402 g/mol. The quantitative estimate of drug-likeness (QED) is 0.555. The topological polar surface area (TPSA) is 105 Å². The average Bonchev–Trinajstić information content (AvgIpc) is 3.39. The summed E-state index contributed by atoms with van der Waals surface area (Å²) >= 11 is 1.48. The number of thiophene rings is 1. The number of rotatable bonds is 6. The Morgan fingerprint density at radius 3 is 2.73 bits per heavy atom. The first-order valence-corrected chi connectivity index (χ1v) is 11.4. The highest BCUT2D eigenvalue weighted by Crippen LogP contribution is 2.35. The molecule has 1 atom stereocenters. The first-order chi connectivity index (χ1) is 14.3. The van der Waals surface area contributed by atoms with Crippen LogP contribution in [0.25, 0.3) is 10.2 Å². The van der Waals surface area contributed by atoms with Crippen LogP contribution in [0.2, 0.25) is 0 Å². The molecule has 0 aliphatic heterocycles. The molecule has 3 heterocycles. The lowest BCUT2D eigenvalue weighted by atomic mass is 9.96. The standard InChI is InChI=1S/C21H29N5O3S/c1-12(2)16(11-25-18(27)10-22-21(25)29)23-19(28)17-9-15-13(3)24-26(20(15)30-17)14-7-5-4-6-8-14/h9-10,12,14,16,27H,4-8,11H2,1-3H3,(H,22,29)(H,23,28)/t16-/m0/s1. The number of amides is 1. The molecule has 3 aromatic heterocycles. The normalized spacial score (nSPS) is 16.4. The van der Waals surface area contributed by atoms with E-state index < -0.39 is 5.69 Å². The summed E-state index contributed by atoms with van der Waals surface area (Å²) in [7, 11) is 0. The van der Waals surface area contributed by atoms with Crippen LogP contribution < -0.4 is 11.0 Å². The van der Waals surface area contributed by atoms with Gasteiger partial charge in [-0.2, -0.15) is 5.10 Å². The Balaban J connectivity index is 1.56. The predicted molar refractivity (Wildman–Crippen MR) is 117 cm³/mol. The van der Waals surface area contributed by atoms with Crippen molar-refractivity contribution in [2.45, 2.75) is 71.5 Å². The van der Waals surface area contributed by atoms with Gasteiger partial charge in [-0.1, -0.05) is 33.1 Å². The molecule has 9 heteroatoms. The number of H-pyrrole nitrogens is 1. The zero-order chi connectivity index (χ0) is 21.4. The van der Waals surface area contributed by atoms with Crippen LogP contribution >= 0.6 is 11.3 Å². The van der Waals surface area contributed by atoms with Crippen LogP contribution in [0.4, 0.5) is 0 Å². The minimum Gasteiger partial charge on any atom is -0.493 e. The van der Waals surface area contributed by atoms with Gasteiger partial charge in [0.2, 0.25) is 5.88 Å². The summed E-state index contributed by atoms with van der Waals surface area (Å²) in [5, 5.41) is 18.7. The van der Waals surface area contributed by atoms with Gasteiger partial charge in [-0.25, -0.2) is 4.79 Å². The smallest absolute Gasteiger partial charge is 0.328 e. The Labute approximate surface area is 178 Å². The maximum atomic E-state index is 13.0. The highest BCUT2D eigenvalue weighted by atomic mass is 32.1. The molecule has 1 fully saturated rings. The number of aryl methyl sites for hydroxylation is 1. The molecule has 3 aromatic rings. The maximum absolute atomic E-state index is 13.0. The summed E-state index contributed by atoms with van der Waals surface area (Å²) in [5.74, 6) is -0.207. The van der Waals surface area contributed by atoms with Crippen molar-refractivity contribution in [1.29, 1.82) is 0 Å². The number of aromatic nitrogens is 4. The molecule has 4 rings (SSSR count). The van der Waals surface area contributed by atoms with Gasteiger partial charge in [0.1, 0.15) is 4.83 Å². The zero-order valence-corrected chi connectivity index (χ0v) is 18.5. The highest BCUT2D eigenvalue weighted by Gasteiger charge is 2.25. The van der Waals surface area contributed by atoms with Crippen molar-refractivity contribution in [2.75, 3.05) is 0 Å². The van der Waals surface area contributed by atoms with E-state index in [4.69, 9.17) is 5.10 Å². The fourth-order valence-electron chi connectivity index (χ4n) is 4.18. The minimum absolute atomic E-state index is 0.0870. The van der Waals surface area contributed by atoms with Gasteiger partial charge in [0, 0.05) is 11.4 Å². The van der Waals surface area contributed by atoms with Gasteiger partial charge in [-0.05, 0) is 31.7 Å². The molecule has 3 N–H and O–H groups in total. The van der Waals surface area contributed by atoms with Crippen LogP contribution in [-0.2, 0) is 6.54 Å². The van der Waals surface area contributed by atoms with Crippen LogP contribution in [-0.4, -0.2) is 36.4 Å². The molecule has 1 saturated carbocycles. The molecule has 1 aliphatic rings. The first-order valence-electron chi connectivity index (χ1n) is 10.6. The van der Waals surface area contributed by atoms with E-state index in [1.807, 2.05) is 26.8 Å². The molecule has 0 unspecified atom stereocenters. The van der Waals surface area contributed by atoms with E-state index in [1.54, 1.807) is 0 Å². The lowest BCUT2D eigenvalue weighted by Gasteiger charge is -2.23. The average molecular weight is 432 g/mol. The largest absolute Gasteiger partial charge is 0.493 e. The molecule has 0 spiro atoms. The number of aromatic hydroxyl groups is 1. The zero-order valence-electron chi connectivity index (χ0n) is 17.6. The SMILES string of the molecule is Cc1nn(C2CCCCC2)c2sc(C(=O)N[C@@H](Cn3c(O)c[nH]c3=O)C(C)C)cc12. The first kappa shape index (κ1) is 20.7. The van der Waals surface area contributed by atoms with Crippen molar-refractivity contribution in [3.05, 3.63) is 33.3 Å². The van der Waals surface area contributed by atoms with Gasteiger partial charge in [-0.3, -0.25) is 14.0 Å². The number of hydrogen-bond donors (Lipinski definition) is 3. The summed E-state index contributed by atoms with van der Waals surface area (Å²) in [6, 6.07) is 2.04. The van der Waals surface area contributed by atoms with Crippen LogP contribution in [0.3, 0.4) is 0 Å². The highest BCUT2D eigenvalue weighted by molar-refractivity contribution is 7.20. The third-order valence-corrected chi connectivity index (χ3v) is 7.18. The number of aromatic amines is 1. The molecule has 0 bridgehead atoms. The number of carbonyl (C=O) groups excluding carboxylic acids is 1. The fourth-order valence-corrected chi connectivity index (χ4v) is 5.32. The van der Waals surface area contributed by atoms with E-state index in [0.717, 1.165) is 28.8 Å². The number of nitrogens with one attached hydrogen (secondary N) is 2. The number of nitrogens with zero attached hydrogens (tertiary/aromatic N) is 3. The van der Waals surface area contributed by atoms with E-state index in [2.05, 4.69) is 15.0 Å². The summed E-state index contributed by atoms with van der Waals surface area (Å²) in [4.78, 5) is 29.1. The third kappa shape index (κ3) is 3.90. The van der Waals surface area contributed by atoms with Crippen molar-refractivity contribution in [2.24, 2.45) is 5.92 Å². The molecule has 1 aliphatic carbocycles. The second-order valence-corrected chi connectivity index (χ2v) is 9.57. The Hall–Kier alpha value is -2.55. The van der Waals surface area contributed by atoms with Gasteiger partial charge < -0.3 is 15.4 Å². The van der Waals surface area contributed by atoms with Crippen molar-refractivity contribution in [3.63, 3.8) is 0 Å². The van der Waals surface area contributed by atoms with E-state index in [0.29, 0.717) is 10.9 Å². The lowest BCUT2D eigenvalue weighted by molar-refractivity contribution is 0.0923. The molecule has 0 radical (unpaired) electrons. The predicted octanol–water partition coefficient (Wildman–Crippen LogP) is 3.56. The van der Waals surface area contributed by atoms with E-state index in [9.17, 15) is 14.7 Å². The fraction of sp³-hybridized carbons (Fsp3) is 0.571. The maximum Gasteiger partial charge on any atom is 0.328 e. The third-order valence-electron chi connectivity index (χ3n) is 6.06. The Morgan fingerprint density at radius 2 is 2.10 bits per heavy atom. The molecule has 0 aromatic carbocycles.